The van der Waals surface area contributed by atoms with Crippen molar-refractivity contribution >= 4 is 5.96 Å². The maximum absolute atomic E-state index is 5.38. The Labute approximate surface area is 149 Å². The normalized spacial score (nSPS) is 12.8. The third kappa shape index (κ3) is 4.98. The number of nitrogens with zero attached hydrogens (tertiary/aromatic N) is 2. The van der Waals surface area contributed by atoms with E-state index in [2.05, 4.69) is 33.8 Å². The Bertz CT molecular complexity index is 690. The molecule has 0 fully saturated rings. The Balaban J connectivity index is 1.83. The van der Waals surface area contributed by atoms with Crippen molar-refractivity contribution in [2.45, 2.75) is 33.1 Å². The van der Waals surface area contributed by atoms with Crippen LogP contribution in [0.3, 0.4) is 0 Å². The fourth-order valence-corrected chi connectivity index (χ4v) is 2.99. The van der Waals surface area contributed by atoms with Crippen LogP contribution in [0.4, 0.5) is 0 Å². The molecule has 25 heavy (non-hydrogen) atoms. The van der Waals surface area contributed by atoms with E-state index < -0.39 is 0 Å². The lowest BCUT2D eigenvalue weighted by molar-refractivity contribution is 0.391. The van der Waals surface area contributed by atoms with Crippen molar-refractivity contribution in [2.75, 3.05) is 27.2 Å². The lowest BCUT2D eigenvalue weighted by Crippen LogP contribution is -2.40. The maximum Gasteiger partial charge on any atom is 0.191 e. The monoisotopic (exact) mass is 344 g/mol. The summed E-state index contributed by atoms with van der Waals surface area (Å²) in [5.41, 5.74) is 3.29. The van der Waals surface area contributed by atoms with E-state index in [1.807, 2.05) is 32.0 Å². The predicted octanol–water partition coefficient (Wildman–Crippen LogP) is 2.81. The van der Waals surface area contributed by atoms with Crippen molar-refractivity contribution in [3.8, 4) is 5.75 Å². The minimum atomic E-state index is 0.291. The van der Waals surface area contributed by atoms with Crippen molar-refractivity contribution in [3.05, 3.63) is 46.8 Å². The van der Waals surface area contributed by atoms with E-state index in [-0.39, 0.29) is 0 Å². The molecular weight excluding hydrogens is 316 g/mol. The van der Waals surface area contributed by atoms with Crippen molar-refractivity contribution in [3.63, 3.8) is 0 Å². The van der Waals surface area contributed by atoms with E-state index in [9.17, 15) is 0 Å². The van der Waals surface area contributed by atoms with Crippen LogP contribution in [-0.2, 0) is 6.42 Å². The smallest absolute Gasteiger partial charge is 0.191 e. The Morgan fingerprint density at radius 3 is 2.68 bits per heavy atom. The number of hydrogen-bond donors (Lipinski definition) is 2. The minimum Gasteiger partial charge on any atom is -0.496 e. The number of guanidine groups is 1. The van der Waals surface area contributed by atoms with Gasteiger partial charge in [0.15, 0.2) is 5.96 Å². The van der Waals surface area contributed by atoms with Crippen LogP contribution >= 0.6 is 0 Å². The first kappa shape index (κ1) is 18.8. The second kappa shape index (κ2) is 9.11. The molecule has 0 saturated heterocycles. The van der Waals surface area contributed by atoms with Gasteiger partial charge in [0.2, 0.25) is 0 Å². The highest BCUT2D eigenvalue weighted by Gasteiger charge is 2.16. The number of aryl methyl sites for hydroxylation is 2. The van der Waals surface area contributed by atoms with Crippen molar-refractivity contribution in [1.82, 2.24) is 15.8 Å². The van der Waals surface area contributed by atoms with Gasteiger partial charge in [-0.2, -0.15) is 0 Å². The van der Waals surface area contributed by atoms with Crippen molar-refractivity contribution < 1.29 is 9.26 Å². The highest BCUT2D eigenvalue weighted by Crippen LogP contribution is 2.22. The Kier molecular flexibility index (Phi) is 6.86. The largest absolute Gasteiger partial charge is 0.496 e. The third-order valence-corrected chi connectivity index (χ3v) is 4.26. The Morgan fingerprint density at radius 2 is 2.04 bits per heavy atom. The van der Waals surface area contributed by atoms with Gasteiger partial charge in [0.1, 0.15) is 11.5 Å². The molecule has 0 bridgehead atoms. The zero-order valence-electron chi connectivity index (χ0n) is 15.7. The van der Waals surface area contributed by atoms with E-state index in [0.717, 1.165) is 48.2 Å². The Hall–Kier alpha value is -2.50. The summed E-state index contributed by atoms with van der Waals surface area (Å²) in [6.07, 6.45) is 0.865. The first-order valence-electron chi connectivity index (χ1n) is 8.56. The molecule has 0 saturated carbocycles. The van der Waals surface area contributed by atoms with E-state index in [1.54, 1.807) is 14.2 Å². The standard InChI is InChI=1S/C19H28N4O2/c1-13(18-14(2)23-25-15(18)3)12-22-19(20-4)21-11-10-16-8-6-7-9-17(16)24-5/h6-9,13H,10-12H2,1-5H3,(H2,20,21,22). The molecule has 2 rings (SSSR count). The lowest BCUT2D eigenvalue weighted by atomic mass is 10.00. The van der Waals surface area contributed by atoms with Gasteiger partial charge >= 0.3 is 0 Å². The fourth-order valence-electron chi connectivity index (χ4n) is 2.99. The van der Waals surface area contributed by atoms with Gasteiger partial charge in [-0.1, -0.05) is 30.3 Å². The number of nitrogens with one attached hydrogen (secondary N) is 2. The second-order valence-corrected chi connectivity index (χ2v) is 6.08. The van der Waals surface area contributed by atoms with E-state index >= 15 is 0 Å². The molecular formula is C19H28N4O2. The van der Waals surface area contributed by atoms with Gasteiger partial charge in [-0.15, -0.1) is 0 Å². The van der Waals surface area contributed by atoms with Crippen molar-refractivity contribution in [2.24, 2.45) is 4.99 Å². The molecule has 6 nitrogen and oxygen atoms in total. The predicted molar refractivity (Wildman–Crippen MR) is 100 cm³/mol. The van der Waals surface area contributed by atoms with Gasteiger partial charge in [0.25, 0.3) is 0 Å². The summed E-state index contributed by atoms with van der Waals surface area (Å²) < 4.78 is 10.6. The molecule has 1 aromatic heterocycles. The molecule has 6 heteroatoms. The van der Waals surface area contributed by atoms with Crippen LogP contribution in [0, 0.1) is 13.8 Å². The second-order valence-electron chi connectivity index (χ2n) is 6.08. The first-order valence-corrected chi connectivity index (χ1v) is 8.56. The topological polar surface area (TPSA) is 71.7 Å². The van der Waals surface area contributed by atoms with Gasteiger partial charge in [-0.25, -0.2) is 0 Å². The number of aromatic nitrogens is 1. The highest BCUT2D eigenvalue weighted by atomic mass is 16.5. The molecule has 0 aliphatic heterocycles. The molecule has 1 atom stereocenters. The van der Waals surface area contributed by atoms with Gasteiger partial charge in [-0.05, 0) is 31.9 Å². The number of benzene rings is 1. The lowest BCUT2D eigenvalue weighted by Gasteiger charge is -2.16. The zero-order chi connectivity index (χ0) is 18.2. The molecule has 0 radical (unpaired) electrons. The molecule has 1 heterocycles. The average molecular weight is 344 g/mol. The minimum absolute atomic E-state index is 0.291. The average Bonchev–Trinajstić information content (AvgIpc) is 2.96. The molecule has 1 unspecified atom stereocenters. The number of para-hydroxylation sites is 1. The van der Waals surface area contributed by atoms with Gasteiger partial charge in [0, 0.05) is 31.6 Å². The van der Waals surface area contributed by atoms with Gasteiger partial charge in [0.05, 0.1) is 12.8 Å². The molecule has 0 amide bonds. The van der Waals surface area contributed by atoms with Crippen LogP contribution < -0.4 is 15.4 Å². The van der Waals surface area contributed by atoms with Crippen LogP contribution in [0.2, 0.25) is 0 Å². The molecule has 0 aliphatic carbocycles. The number of hydrogen-bond acceptors (Lipinski definition) is 4. The SMILES string of the molecule is CN=C(NCCc1ccccc1OC)NCC(C)c1c(C)noc1C. The van der Waals surface area contributed by atoms with Crippen LogP contribution in [-0.4, -0.2) is 38.4 Å². The summed E-state index contributed by atoms with van der Waals surface area (Å²) in [7, 11) is 3.47. The summed E-state index contributed by atoms with van der Waals surface area (Å²) in [4.78, 5) is 4.28. The van der Waals surface area contributed by atoms with Crippen LogP contribution in [0.5, 0.6) is 5.75 Å². The molecule has 0 aliphatic rings. The van der Waals surface area contributed by atoms with E-state index in [1.165, 1.54) is 5.56 Å². The van der Waals surface area contributed by atoms with Crippen LogP contribution in [0.25, 0.3) is 0 Å². The summed E-state index contributed by atoms with van der Waals surface area (Å²) in [6.45, 7) is 7.62. The van der Waals surface area contributed by atoms with E-state index in [0.29, 0.717) is 5.92 Å². The molecule has 2 aromatic rings. The van der Waals surface area contributed by atoms with Crippen LogP contribution in [0.1, 0.15) is 35.4 Å². The first-order chi connectivity index (χ1) is 12.1. The summed E-state index contributed by atoms with van der Waals surface area (Å²) in [6, 6.07) is 8.06. The van der Waals surface area contributed by atoms with E-state index in [4.69, 9.17) is 9.26 Å². The molecule has 2 N–H and O–H groups in total. The summed E-state index contributed by atoms with van der Waals surface area (Å²) in [5.74, 6) is 2.87. The van der Waals surface area contributed by atoms with Gasteiger partial charge < -0.3 is 19.9 Å². The zero-order valence-corrected chi connectivity index (χ0v) is 15.7. The number of aliphatic imine (C=N–C) groups is 1. The maximum atomic E-state index is 5.38. The fraction of sp³-hybridized carbons (Fsp3) is 0.474. The van der Waals surface area contributed by atoms with Crippen molar-refractivity contribution in [1.29, 1.82) is 0 Å². The number of methoxy groups -OCH3 is 1. The molecule has 0 spiro atoms. The van der Waals surface area contributed by atoms with Gasteiger partial charge in [-0.3, -0.25) is 4.99 Å². The summed E-state index contributed by atoms with van der Waals surface area (Å²) >= 11 is 0. The molecule has 1 aromatic carbocycles. The van der Waals surface area contributed by atoms with Crippen LogP contribution in [0.15, 0.2) is 33.8 Å². The third-order valence-electron chi connectivity index (χ3n) is 4.26. The molecule has 136 valence electrons. The Morgan fingerprint density at radius 1 is 1.28 bits per heavy atom. The number of ether oxygens (including phenoxy) is 1. The summed E-state index contributed by atoms with van der Waals surface area (Å²) in [5, 5.41) is 10.7. The number of rotatable bonds is 7. The quantitative estimate of drug-likeness (QED) is 0.597. The highest BCUT2D eigenvalue weighted by molar-refractivity contribution is 5.79.